The van der Waals surface area contributed by atoms with Crippen molar-refractivity contribution in [3.63, 3.8) is 0 Å². The molecule has 0 aromatic heterocycles. The number of carbonyl (C=O) groups excluding carboxylic acids is 1. The molecule has 444 valence electrons. The highest BCUT2D eigenvalue weighted by atomic mass is 16.8. The number of rotatable bonds is 16. The highest BCUT2D eigenvalue weighted by Gasteiger charge is 2.70. The first kappa shape index (κ1) is 61.0. The number of hydrogen-bond acceptors (Lipinski definition) is 22. The van der Waals surface area contributed by atoms with Crippen LogP contribution >= 0.6 is 0 Å². The van der Waals surface area contributed by atoms with Gasteiger partial charge in [0.05, 0.1) is 24.7 Å². The van der Waals surface area contributed by atoms with E-state index in [4.69, 9.17) is 37.9 Å². The lowest BCUT2D eigenvalue weighted by Crippen LogP contribution is -2.68. The Bertz CT molecular complexity index is 2240. The summed E-state index contributed by atoms with van der Waals surface area (Å²) in [6.45, 7) is 12.5. The Hall–Kier alpha value is -3.06. The van der Waals surface area contributed by atoms with Crippen molar-refractivity contribution in [3.8, 4) is 0 Å². The van der Waals surface area contributed by atoms with Crippen LogP contribution in [0, 0.1) is 50.2 Å². The van der Waals surface area contributed by atoms with Crippen molar-refractivity contribution in [3.05, 3.63) is 11.6 Å². The van der Waals surface area contributed by atoms with E-state index in [-0.39, 0.29) is 34.0 Å². The minimum atomic E-state index is -2.62. The third-order valence-electron chi connectivity index (χ3n) is 20.4. The summed E-state index contributed by atoms with van der Waals surface area (Å²) in [5, 5.41) is 136. The number of carbonyl (C=O) groups is 4. The van der Waals surface area contributed by atoms with Gasteiger partial charge in [0.1, 0.15) is 73.8 Å². The van der Waals surface area contributed by atoms with Crippen molar-refractivity contribution in [2.45, 2.75) is 223 Å². The smallest absolute Gasteiger partial charge is 0.337 e. The average molecular weight is 1120 g/mol. The molecule has 0 unspecified atom stereocenters. The molecule has 4 saturated carbocycles. The maximum Gasteiger partial charge on any atom is 0.337 e. The molecule has 3 aliphatic heterocycles. The van der Waals surface area contributed by atoms with E-state index >= 15 is 0 Å². The van der Waals surface area contributed by atoms with Gasteiger partial charge in [0.2, 0.25) is 12.4 Å². The number of carboxylic acids is 3. The first-order valence-corrected chi connectivity index (χ1v) is 27.1. The van der Waals surface area contributed by atoms with Crippen molar-refractivity contribution < 1.29 is 123 Å². The third-order valence-corrected chi connectivity index (χ3v) is 20.4. The second-order valence-electron chi connectivity index (χ2n) is 25.5. The summed E-state index contributed by atoms with van der Waals surface area (Å²) in [5.41, 5.74) is -1.80. The second-order valence-corrected chi connectivity index (χ2v) is 25.5. The zero-order valence-electron chi connectivity index (χ0n) is 45.1. The lowest BCUT2D eigenvalue weighted by atomic mass is 9.33. The molecule has 8 aliphatic rings. The van der Waals surface area contributed by atoms with E-state index in [1.165, 1.54) is 5.57 Å². The molecule has 5 aliphatic carbocycles. The Kier molecular flexibility index (Phi) is 17.4. The second kappa shape index (κ2) is 22.3. The normalized spacial score (nSPS) is 47.6. The molecule has 25 heteroatoms. The van der Waals surface area contributed by atoms with Crippen molar-refractivity contribution in [1.82, 2.24) is 0 Å². The molecule has 8 rings (SSSR count). The molecule has 0 aromatic rings. The molecule has 0 bridgehead atoms. The Balaban J connectivity index is 1.09. The van der Waals surface area contributed by atoms with E-state index in [9.17, 15) is 85.6 Å². The molecule has 25 atom stereocenters. The fraction of sp³-hybridized carbons (Fsp3) is 0.887. The number of esters is 1. The molecule has 7 fully saturated rings. The largest absolute Gasteiger partial charge is 0.480 e. The molecule has 13 N–H and O–H groups in total. The summed E-state index contributed by atoms with van der Waals surface area (Å²) >= 11 is 0. The van der Waals surface area contributed by atoms with Gasteiger partial charge in [0, 0.05) is 0 Å². The number of carboxylic acid groups (broad SMARTS) is 3. The monoisotopic (exact) mass is 1120 g/mol. The zero-order chi connectivity index (χ0) is 57.6. The minimum Gasteiger partial charge on any atom is -0.480 e. The van der Waals surface area contributed by atoms with Crippen LogP contribution in [-0.2, 0) is 57.1 Å². The van der Waals surface area contributed by atoms with Crippen molar-refractivity contribution in [2.24, 2.45) is 50.2 Å². The van der Waals surface area contributed by atoms with E-state index < -0.39 is 171 Å². The summed E-state index contributed by atoms with van der Waals surface area (Å²) < 4.78 is 47.0. The molecule has 25 nitrogen and oxygen atoms in total. The molecule has 0 aromatic carbocycles. The molecule has 0 spiro atoms. The van der Waals surface area contributed by atoms with Gasteiger partial charge in [-0.2, -0.15) is 0 Å². The number of ether oxygens (including phenoxy) is 8. The molecular weight excluding hydrogens is 1040 g/mol. The lowest BCUT2D eigenvalue weighted by molar-refractivity contribution is -0.387. The third kappa shape index (κ3) is 10.4. The Morgan fingerprint density at radius 2 is 1.27 bits per heavy atom. The van der Waals surface area contributed by atoms with E-state index in [2.05, 4.69) is 40.7 Å². The van der Waals surface area contributed by atoms with Gasteiger partial charge in [-0.25, -0.2) is 14.4 Å². The Morgan fingerprint density at radius 1 is 0.667 bits per heavy atom. The van der Waals surface area contributed by atoms with E-state index in [1.54, 1.807) is 0 Å². The van der Waals surface area contributed by atoms with Gasteiger partial charge in [0.25, 0.3) is 0 Å². The number of fused-ring (bicyclic) bond motifs is 7. The first-order valence-electron chi connectivity index (χ1n) is 27.1. The summed E-state index contributed by atoms with van der Waals surface area (Å²) in [4.78, 5) is 51.2. The van der Waals surface area contributed by atoms with Crippen LogP contribution in [0.2, 0.25) is 0 Å². The minimum absolute atomic E-state index is 0.0778. The Morgan fingerprint density at radius 3 is 1.86 bits per heavy atom. The number of allylic oxidation sites excluding steroid dienone is 2. The highest BCUT2D eigenvalue weighted by Crippen LogP contribution is 2.76. The van der Waals surface area contributed by atoms with Crippen molar-refractivity contribution in [2.75, 3.05) is 19.8 Å². The fourth-order valence-electron chi connectivity index (χ4n) is 15.8. The van der Waals surface area contributed by atoms with Gasteiger partial charge >= 0.3 is 23.9 Å². The quantitative estimate of drug-likeness (QED) is 0.0387. The highest BCUT2D eigenvalue weighted by molar-refractivity contribution is 5.79. The standard InChI is InChI=1S/C53H82O25/c1-48(2)14-16-53(47(70)78-45-35(63)33(61)31(59)25(20-55)73-45)17-15-51(6)22(23(53)18-48)8-9-27-50(5)12-11-28(49(3,4)26(50)10-13-52(27,51)7)74-46-40(77-44-34(62)32(60)30(58)24(19-54)72-44)38(36(64)39(76-46)42(68)69)75-43(37(65)41(66)67)71-21-29(56)57/h8,23-28,30-40,43-46,54-55,58-65H,9-21H2,1-7H3,(H,56,57)(H,66,67)(H,68,69)/t23-,24-,25+,26-,27-,28-,30-,31-,32+,33+,34-,35-,36-,37+,38+,39+,40-,43+,44-,45-,46+,50-,51+,52+,53-/m0/s1. The summed E-state index contributed by atoms with van der Waals surface area (Å²) in [5.74, 6) is -6.13. The number of aliphatic carboxylic acids is 3. The first-order chi connectivity index (χ1) is 36.3. The number of aliphatic hydroxyl groups is 10. The molecule has 78 heavy (non-hydrogen) atoms. The van der Waals surface area contributed by atoms with Gasteiger partial charge in [-0.3, -0.25) is 4.79 Å². The van der Waals surface area contributed by atoms with Crippen LogP contribution in [0.3, 0.4) is 0 Å². The summed E-state index contributed by atoms with van der Waals surface area (Å²) in [6, 6.07) is 0. The van der Waals surface area contributed by atoms with Gasteiger partial charge in [-0.05, 0) is 109 Å². The van der Waals surface area contributed by atoms with Crippen LogP contribution in [0.5, 0.6) is 0 Å². The maximum atomic E-state index is 14.8. The van der Waals surface area contributed by atoms with Crippen molar-refractivity contribution in [1.29, 1.82) is 0 Å². The van der Waals surface area contributed by atoms with Crippen LogP contribution in [-0.4, -0.2) is 221 Å². The summed E-state index contributed by atoms with van der Waals surface area (Å²) in [7, 11) is 0. The van der Waals surface area contributed by atoms with Crippen LogP contribution in [0.25, 0.3) is 0 Å². The van der Waals surface area contributed by atoms with Crippen LogP contribution in [0.1, 0.15) is 113 Å². The molecular formula is C53H82O25. The Labute approximate surface area is 451 Å². The van der Waals surface area contributed by atoms with Gasteiger partial charge < -0.3 is 104 Å². The molecule has 0 amide bonds. The van der Waals surface area contributed by atoms with Gasteiger partial charge in [-0.1, -0.05) is 60.1 Å². The van der Waals surface area contributed by atoms with E-state index in [1.807, 2.05) is 13.8 Å². The fourth-order valence-corrected chi connectivity index (χ4v) is 15.8. The van der Waals surface area contributed by atoms with E-state index in [0.717, 1.165) is 12.8 Å². The number of aliphatic hydroxyl groups excluding tert-OH is 10. The van der Waals surface area contributed by atoms with E-state index in [0.29, 0.717) is 51.4 Å². The zero-order valence-corrected chi connectivity index (χ0v) is 45.1. The lowest BCUT2D eigenvalue weighted by Gasteiger charge is -2.71. The molecule has 3 heterocycles. The predicted molar refractivity (Wildman–Crippen MR) is 261 cm³/mol. The number of hydrogen-bond donors (Lipinski definition) is 13. The van der Waals surface area contributed by atoms with Gasteiger partial charge in [-0.15, -0.1) is 0 Å². The SMILES string of the molecule is CC1(C)CC[C@]2(C(=O)O[C@@H]3O[C@H](CO)[C@H](O)[C@@H](O)[C@@H]3O)CC[C@]3(C)C(=CC[C@H]4[C@@]5(C)CC[C@H](O[C@@H]6O[C@@H](C(=O)O)[C@@H](O)[C@@H](O[C@@H](OCC(=O)O)[C@H](O)C(=O)O)[C@@H]6O[C@@H]6O[C@@H](CO)[C@H](O)[C@@H](O)[C@@H]6O)C(C)(C)[C@@H]5CC[C@]43C)[C@@H]2C1. The van der Waals surface area contributed by atoms with Crippen molar-refractivity contribution >= 4 is 23.9 Å². The predicted octanol–water partition coefficient (Wildman–Crippen LogP) is -0.870. The van der Waals surface area contributed by atoms with Crippen LogP contribution in [0.15, 0.2) is 11.6 Å². The van der Waals surface area contributed by atoms with Gasteiger partial charge in [0.15, 0.2) is 25.0 Å². The average Bonchev–Trinajstić information content (AvgIpc) is 3.35. The maximum absolute atomic E-state index is 14.8. The molecule has 0 radical (unpaired) electrons. The topological polar surface area (TPSA) is 405 Å². The van der Waals surface area contributed by atoms with Crippen LogP contribution in [0.4, 0.5) is 0 Å². The molecule has 3 saturated heterocycles. The van der Waals surface area contributed by atoms with Crippen LogP contribution < -0.4 is 0 Å². The summed E-state index contributed by atoms with van der Waals surface area (Å²) in [6.07, 6.45) is -25.4.